The van der Waals surface area contributed by atoms with Crippen LogP contribution in [0.25, 0.3) is 16.8 Å². The summed E-state index contributed by atoms with van der Waals surface area (Å²) in [4.78, 5) is 22.7. The van der Waals surface area contributed by atoms with Gasteiger partial charge in [0, 0.05) is 18.3 Å². The number of nitro groups is 1. The molecule has 0 N–H and O–H groups in total. The molecule has 0 aliphatic heterocycles. The molecule has 0 amide bonds. The number of nitrogens with zero attached hydrogens (tertiary/aromatic N) is 2. The standard InChI is InChI=1S/C20H13ClF6N2O4/c1-2-33-17(30)14-13-5-3-4-10-28(13)16(11-6-8-12(9-7-11)29(31)32)15(14)18(22,23)19(24,25)20(21,26)27/h3-10H,2H2,1H3. The Labute approximate surface area is 186 Å². The molecule has 1 aromatic carbocycles. The second kappa shape index (κ2) is 8.25. The second-order valence-corrected chi connectivity index (χ2v) is 7.20. The van der Waals surface area contributed by atoms with Crippen molar-refractivity contribution in [2.45, 2.75) is 24.2 Å². The van der Waals surface area contributed by atoms with Crippen molar-refractivity contribution >= 4 is 28.8 Å². The first kappa shape index (κ1) is 24.4. The van der Waals surface area contributed by atoms with Crippen LogP contribution in [-0.2, 0) is 10.7 Å². The number of fused-ring (bicyclic) bond motifs is 1. The zero-order valence-corrected chi connectivity index (χ0v) is 17.3. The molecule has 0 radical (unpaired) electrons. The van der Waals surface area contributed by atoms with E-state index in [2.05, 4.69) is 11.6 Å². The van der Waals surface area contributed by atoms with Crippen molar-refractivity contribution in [2.24, 2.45) is 0 Å². The van der Waals surface area contributed by atoms with Crippen molar-refractivity contribution < 1.29 is 40.8 Å². The maximum absolute atomic E-state index is 15.2. The van der Waals surface area contributed by atoms with Gasteiger partial charge < -0.3 is 9.14 Å². The highest BCUT2D eigenvalue weighted by Crippen LogP contribution is 2.56. The van der Waals surface area contributed by atoms with Crippen LogP contribution in [0.1, 0.15) is 22.8 Å². The second-order valence-electron chi connectivity index (χ2n) is 6.73. The highest BCUT2D eigenvalue weighted by Gasteiger charge is 2.73. The van der Waals surface area contributed by atoms with Gasteiger partial charge in [0.05, 0.1) is 33.9 Å². The number of carbonyl (C=O) groups is 1. The van der Waals surface area contributed by atoms with Gasteiger partial charge >= 0.3 is 23.2 Å². The molecule has 2 heterocycles. The highest BCUT2D eigenvalue weighted by molar-refractivity contribution is 6.22. The third-order valence-corrected chi connectivity index (χ3v) is 4.98. The van der Waals surface area contributed by atoms with Crippen LogP contribution >= 0.6 is 11.6 Å². The Bertz CT molecular complexity index is 1220. The zero-order chi connectivity index (χ0) is 24.8. The van der Waals surface area contributed by atoms with Crippen molar-refractivity contribution in [3.8, 4) is 11.3 Å². The SMILES string of the molecule is CCOC(=O)c1c(C(F)(F)C(F)(F)C(F)(F)Cl)c(-c2ccc([N+](=O)[O-])cc2)n2ccccc12. The summed E-state index contributed by atoms with van der Waals surface area (Å²) in [6, 6.07) is 7.45. The molecule has 3 aromatic rings. The molecular weight excluding hydrogens is 482 g/mol. The summed E-state index contributed by atoms with van der Waals surface area (Å²) in [5.41, 5.74) is -4.68. The highest BCUT2D eigenvalue weighted by atomic mass is 35.5. The van der Waals surface area contributed by atoms with E-state index in [1.54, 1.807) is 0 Å². The van der Waals surface area contributed by atoms with Gasteiger partial charge in [0.1, 0.15) is 0 Å². The molecule has 0 fully saturated rings. The fourth-order valence-corrected chi connectivity index (χ4v) is 3.40. The molecule has 3 rings (SSSR count). The van der Waals surface area contributed by atoms with Crippen molar-refractivity contribution in [3.05, 3.63) is 69.9 Å². The lowest BCUT2D eigenvalue weighted by Gasteiger charge is -2.30. The van der Waals surface area contributed by atoms with Gasteiger partial charge in [-0.1, -0.05) is 6.07 Å². The molecule has 0 unspecified atom stereocenters. The Morgan fingerprint density at radius 1 is 1.09 bits per heavy atom. The lowest BCUT2D eigenvalue weighted by molar-refractivity contribution is -0.384. The minimum atomic E-state index is -6.14. The molecule has 0 aliphatic rings. The van der Waals surface area contributed by atoms with Crippen LogP contribution in [0.5, 0.6) is 0 Å². The quantitative estimate of drug-likeness (QED) is 0.128. The Kier molecular flexibility index (Phi) is 6.09. The number of nitro benzene ring substituents is 1. The van der Waals surface area contributed by atoms with Crippen molar-refractivity contribution in [1.82, 2.24) is 4.40 Å². The summed E-state index contributed by atoms with van der Waals surface area (Å²) in [7, 11) is 0. The maximum atomic E-state index is 15.2. The molecule has 13 heteroatoms. The maximum Gasteiger partial charge on any atom is 0.390 e. The normalized spacial score (nSPS) is 12.7. The van der Waals surface area contributed by atoms with Crippen LogP contribution in [-0.4, -0.2) is 33.2 Å². The Morgan fingerprint density at radius 2 is 1.70 bits per heavy atom. The van der Waals surface area contributed by atoms with Crippen LogP contribution in [0.3, 0.4) is 0 Å². The monoisotopic (exact) mass is 494 g/mol. The predicted molar refractivity (Wildman–Crippen MR) is 105 cm³/mol. The molecular formula is C20H13ClF6N2O4. The fraction of sp³-hybridized carbons (Fsp3) is 0.250. The number of esters is 1. The van der Waals surface area contributed by atoms with E-state index in [1.807, 2.05) is 0 Å². The summed E-state index contributed by atoms with van der Waals surface area (Å²) in [5.74, 6) is -13.3. The van der Waals surface area contributed by atoms with Gasteiger partial charge in [-0.2, -0.15) is 26.3 Å². The molecule has 0 bridgehead atoms. The molecule has 0 atom stereocenters. The largest absolute Gasteiger partial charge is 0.462 e. The van der Waals surface area contributed by atoms with E-state index >= 15 is 8.78 Å². The van der Waals surface area contributed by atoms with E-state index in [-0.39, 0.29) is 17.7 Å². The average molecular weight is 495 g/mol. The smallest absolute Gasteiger partial charge is 0.390 e. The fourth-order valence-electron chi connectivity index (χ4n) is 3.28. The lowest BCUT2D eigenvalue weighted by Crippen LogP contribution is -2.50. The number of benzene rings is 1. The first-order valence-electron chi connectivity index (χ1n) is 9.13. The van der Waals surface area contributed by atoms with Crippen LogP contribution in [0, 0.1) is 10.1 Å². The minimum absolute atomic E-state index is 0.291. The molecule has 0 aliphatic carbocycles. The first-order valence-corrected chi connectivity index (χ1v) is 9.51. The molecule has 6 nitrogen and oxygen atoms in total. The summed E-state index contributed by atoms with van der Waals surface area (Å²) < 4.78 is 91.6. The van der Waals surface area contributed by atoms with Gasteiger partial charge in [0.25, 0.3) is 5.69 Å². The zero-order valence-electron chi connectivity index (χ0n) is 16.5. The van der Waals surface area contributed by atoms with E-state index in [0.29, 0.717) is 0 Å². The number of aromatic nitrogens is 1. The Morgan fingerprint density at radius 3 is 2.21 bits per heavy atom. The lowest BCUT2D eigenvalue weighted by atomic mass is 9.94. The Balaban J connectivity index is 2.48. The molecule has 0 spiro atoms. The van der Waals surface area contributed by atoms with Gasteiger partial charge in [0.2, 0.25) is 0 Å². The summed E-state index contributed by atoms with van der Waals surface area (Å²) in [6.45, 7) is 0.996. The number of hydrogen-bond acceptors (Lipinski definition) is 4. The molecule has 176 valence electrons. The van der Waals surface area contributed by atoms with E-state index in [4.69, 9.17) is 4.74 Å². The summed E-state index contributed by atoms with van der Waals surface area (Å²) in [6.07, 6.45) is 1.13. The third kappa shape index (κ3) is 3.88. The van der Waals surface area contributed by atoms with Crippen LogP contribution < -0.4 is 0 Å². The number of non-ortho nitro benzene ring substituents is 1. The van der Waals surface area contributed by atoms with Crippen molar-refractivity contribution in [3.63, 3.8) is 0 Å². The number of halogens is 7. The van der Waals surface area contributed by atoms with Crippen molar-refractivity contribution in [1.29, 1.82) is 0 Å². The van der Waals surface area contributed by atoms with Gasteiger partial charge in [-0.3, -0.25) is 10.1 Å². The van der Waals surface area contributed by atoms with Crippen LogP contribution in [0.15, 0.2) is 48.7 Å². The molecule has 0 saturated heterocycles. The summed E-state index contributed by atoms with van der Waals surface area (Å²) >= 11 is 4.34. The third-order valence-electron chi connectivity index (χ3n) is 4.74. The van der Waals surface area contributed by atoms with E-state index in [1.165, 1.54) is 19.1 Å². The number of carbonyl (C=O) groups excluding carboxylic acids is 1. The van der Waals surface area contributed by atoms with Crippen molar-refractivity contribution in [2.75, 3.05) is 6.61 Å². The predicted octanol–water partition coefficient (Wildman–Crippen LogP) is 6.25. The van der Waals surface area contributed by atoms with E-state index in [0.717, 1.165) is 40.9 Å². The summed E-state index contributed by atoms with van der Waals surface area (Å²) in [5, 5.41) is 5.23. The van der Waals surface area contributed by atoms with E-state index < -0.39 is 50.6 Å². The number of hydrogen-bond donors (Lipinski definition) is 0. The number of ether oxygens (including phenoxy) is 1. The molecule has 33 heavy (non-hydrogen) atoms. The van der Waals surface area contributed by atoms with Gasteiger partial charge in [-0.15, -0.1) is 0 Å². The minimum Gasteiger partial charge on any atom is -0.462 e. The number of alkyl halides is 7. The number of pyridine rings is 1. The van der Waals surface area contributed by atoms with Gasteiger partial charge in [-0.05, 0) is 48.4 Å². The van der Waals surface area contributed by atoms with Gasteiger partial charge in [0.15, 0.2) is 0 Å². The molecule has 0 saturated carbocycles. The number of rotatable bonds is 7. The first-order chi connectivity index (χ1) is 15.3. The van der Waals surface area contributed by atoms with Crippen LogP contribution in [0.2, 0.25) is 0 Å². The topological polar surface area (TPSA) is 73.8 Å². The van der Waals surface area contributed by atoms with Gasteiger partial charge in [-0.25, -0.2) is 4.79 Å². The van der Waals surface area contributed by atoms with E-state index in [9.17, 15) is 32.5 Å². The molecule has 2 aromatic heterocycles. The Hall–Kier alpha value is -3.28. The average Bonchev–Trinajstić information content (AvgIpc) is 3.09. The van der Waals surface area contributed by atoms with Crippen LogP contribution in [0.4, 0.5) is 32.0 Å².